The summed E-state index contributed by atoms with van der Waals surface area (Å²) in [5.74, 6) is 0. The molecule has 1 rings (SSSR count). The van der Waals surface area contributed by atoms with Crippen molar-refractivity contribution >= 4 is 0 Å². The largest absolute Gasteiger partial charge is 0.392 e. The summed E-state index contributed by atoms with van der Waals surface area (Å²) in [6, 6.07) is 10.00. The Kier molecular flexibility index (Phi) is 3.93. The second-order valence-electron chi connectivity index (χ2n) is 3.45. The number of hydrogen-bond donors (Lipinski definition) is 2. The van der Waals surface area contributed by atoms with Gasteiger partial charge in [-0.25, -0.2) is 0 Å². The Hall–Kier alpha value is -0.860. The third-order valence-corrected chi connectivity index (χ3v) is 2.18. The minimum atomic E-state index is -0.389. The third kappa shape index (κ3) is 3.57. The van der Waals surface area contributed by atoms with Crippen LogP contribution in [-0.4, -0.2) is 17.3 Å². The van der Waals surface area contributed by atoms with Crippen molar-refractivity contribution in [1.29, 1.82) is 0 Å². The van der Waals surface area contributed by atoms with Gasteiger partial charge >= 0.3 is 0 Å². The molecule has 0 saturated carbocycles. The van der Waals surface area contributed by atoms with Gasteiger partial charge in [0.1, 0.15) is 0 Å². The first-order valence-corrected chi connectivity index (χ1v) is 4.67. The number of aliphatic hydroxyl groups excluding tert-OH is 1. The predicted octanol–water partition coefficient (Wildman–Crippen LogP) is 1.33. The van der Waals surface area contributed by atoms with Gasteiger partial charge < -0.3 is 10.8 Å². The second kappa shape index (κ2) is 5.00. The molecule has 0 radical (unpaired) electrons. The van der Waals surface area contributed by atoms with Crippen molar-refractivity contribution in [2.24, 2.45) is 5.73 Å². The molecular weight excluding hydrogens is 162 g/mol. The van der Waals surface area contributed by atoms with E-state index < -0.39 is 0 Å². The summed E-state index contributed by atoms with van der Waals surface area (Å²) in [6.45, 7) is 1.83. The van der Waals surface area contributed by atoms with Gasteiger partial charge in [0.25, 0.3) is 0 Å². The Morgan fingerprint density at radius 2 is 1.92 bits per heavy atom. The predicted molar refractivity (Wildman–Crippen MR) is 54.4 cm³/mol. The molecule has 72 valence electrons. The summed E-state index contributed by atoms with van der Waals surface area (Å²) in [4.78, 5) is 0. The first-order chi connectivity index (χ1) is 6.20. The summed E-state index contributed by atoms with van der Waals surface area (Å²) in [6.07, 6.45) is 1.24. The van der Waals surface area contributed by atoms with Gasteiger partial charge in [0.05, 0.1) is 6.10 Å². The molecule has 2 heteroatoms. The summed E-state index contributed by atoms with van der Waals surface area (Å²) >= 11 is 0. The van der Waals surface area contributed by atoms with Gasteiger partial charge in [0.15, 0.2) is 0 Å². The van der Waals surface area contributed by atoms with Crippen molar-refractivity contribution in [3.8, 4) is 0 Å². The number of aliphatic hydroxyl groups is 1. The van der Waals surface area contributed by atoms with Gasteiger partial charge in [-0.1, -0.05) is 30.3 Å². The number of benzene rings is 1. The van der Waals surface area contributed by atoms with E-state index >= 15 is 0 Å². The van der Waals surface area contributed by atoms with Crippen molar-refractivity contribution in [3.63, 3.8) is 0 Å². The number of nitrogens with two attached hydrogens (primary N) is 1. The average Bonchev–Trinajstić information content (AvgIpc) is 2.15. The summed E-state index contributed by atoms with van der Waals surface area (Å²) in [5.41, 5.74) is 6.80. The Morgan fingerprint density at radius 1 is 1.31 bits per heavy atom. The normalized spacial score (nSPS) is 15.3. The van der Waals surface area contributed by atoms with Gasteiger partial charge in [-0.05, 0) is 25.3 Å². The lowest BCUT2D eigenvalue weighted by Gasteiger charge is -2.13. The van der Waals surface area contributed by atoms with E-state index in [-0.39, 0.29) is 12.1 Å². The number of rotatable bonds is 4. The standard InChI is InChI=1S/C11H17NO/c1-9(12)11(13)8-7-10-5-3-2-4-6-10/h2-6,9,11,13H,7-8,12H2,1H3. The summed E-state index contributed by atoms with van der Waals surface area (Å²) < 4.78 is 0. The van der Waals surface area contributed by atoms with Gasteiger partial charge in [0, 0.05) is 6.04 Å². The van der Waals surface area contributed by atoms with E-state index in [0.29, 0.717) is 0 Å². The minimum Gasteiger partial charge on any atom is -0.392 e. The molecule has 1 aromatic carbocycles. The summed E-state index contributed by atoms with van der Waals surface area (Å²) in [7, 11) is 0. The summed E-state index contributed by atoms with van der Waals surface area (Å²) in [5, 5.41) is 9.46. The number of hydrogen-bond acceptors (Lipinski definition) is 2. The van der Waals surface area contributed by atoms with Crippen LogP contribution in [0.25, 0.3) is 0 Å². The molecule has 0 aliphatic rings. The highest BCUT2D eigenvalue weighted by atomic mass is 16.3. The topological polar surface area (TPSA) is 46.2 Å². The van der Waals surface area contributed by atoms with Crippen LogP contribution in [0.5, 0.6) is 0 Å². The van der Waals surface area contributed by atoms with Crippen molar-refractivity contribution in [2.75, 3.05) is 0 Å². The van der Waals surface area contributed by atoms with Crippen molar-refractivity contribution in [2.45, 2.75) is 31.9 Å². The van der Waals surface area contributed by atoms with Gasteiger partial charge in [-0.3, -0.25) is 0 Å². The van der Waals surface area contributed by atoms with Crippen molar-refractivity contribution < 1.29 is 5.11 Å². The molecule has 0 bridgehead atoms. The zero-order valence-electron chi connectivity index (χ0n) is 7.98. The minimum absolute atomic E-state index is 0.135. The van der Waals surface area contributed by atoms with Crippen LogP contribution in [0.2, 0.25) is 0 Å². The van der Waals surface area contributed by atoms with E-state index in [0.717, 1.165) is 12.8 Å². The van der Waals surface area contributed by atoms with Crippen LogP contribution in [0.15, 0.2) is 30.3 Å². The second-order valence-corrected chi connectivity index (χ2v) is 3.45. The van der Waals surface area contributed by atoms with Gasteiger partial charge in [0.2, 0.25) is 0 Å². The molecule has 0 aliphatic heterocycles. The smallest absolute Gasteiger partial charge is 0.0691 e. The lowest BCUT2D eigenvalue weighted by molar-refractivity contribution is 0.141. The highest BCUT2D eigenvalue weighted by Crippen LogP contribution is 2.06. The van der Waals surface area contributed by atoms with Crippen LogP contribution in [0.4, 0.5) is 0 Å². The van der Waals surface area contributed by atoms with Crippen LogP contribution < -0.4 is 5.73 Å². The van der Waals surface area contributed by atoms with E-state index in [2.05, 4.69) is 12.1 Å². The maximum Gasteiger partial charge on any atom is 0.0691 e. The third-order valence-electron chi connectivity index (χ3n) is 2.18. The van der Waals surface area contributed by atoms with E-state index in [1.807, 2.05) is 25.1 Å². The Morgan fingerprint density at radius 3 is 2.46 bits per heavy atom. The zero-order chi connectivity index (χ0) is 9.68. The molecule has 2 atom stereocenters. The molecule has 1 aromatic rings. The SMILES string of the molecule is CC(N)C(O)CCc1ccccc1. The van der Waals surface area contributed by atoms with Crippen molar-refractivity contribution in [1.82, 2.24) is 0 Å². The molecule has 2 nitrogen and oxygen atoms in total. The molecular formula is C11H17NO. The molecule has 0 heterocycles. The molecule has 0 spiro atoms. The Bertz CT molecular complexity index is 233. The van der Waals surface area contributed by atoms with E-state index in [1.54, 1.807) is 0 Å². The van der Waals surface area contributed by atoms with Gasteiger partial charge in [-0.2, -0.15) is 0 Å². The lowest BCUT2D eigenvalue weighted by atomic mass is 10.0. The van der Waals surface area contributed by atoms with Crippen LogP contribution in [0.1, 0.15) is 18.9 Å². The van der Waals surface area contributed by atoms with Crippen LogP contribution >= 0.6 is 0 Å². The molecule has 2 unspecified atom stereocenters. The first-order valence-electron chi connectivity index (χ1n) is 4.67. The first kappa shape index (κ1) is 10.2. The fourth-order valence-corrected chi connectivity index (χ4v) is 1.22. The molecule has 0 amide bonds. The monoisotopic (exact) mass is 179 g/mol. The maximum atomic E-state index is 9.46. The zero-order valence-corrected chi connectivity index (χ0v) is 7.98. The highest BCUT2D eigenvalue weighted by Gasteiger charge is 2.08. The maximum absolute atomic E-state index is 9.46. The van der Waals surface area contributed by atoms with E-state index in [9.17, 15) is 5.11 Å². The van der Waals surface area contributed by atoms with E-state index in [4.69, 9.17) is 5.73 Å². The number of aryl methyl sites for hydroxylation is 1. The quantitative estimate of drug-likeness (QED) is 0.732. The fourth-order valence-electron chi connectivity index (χ4n) is 1.22. The molecule has 3 N–H and O–H groups in total. The highest BCUT2D eigenvalue weighted by molar-refractivity contribution is 5.14. The average molecular weight is 179 g/mol. The fraction of sp³-hybridized carbons (Fsp3) is 0.455. The molecule has 0 aliphatic carbocycles. The van der Waals surface area contributed by atoms with Crippen molar-refractivity contribution in [3.05, 3.63) is 35.9 Å². The van der Waals surface area contributed by atoms with Crippen LogP contribution in [-0.2, 0) is 6.42 Å². The Balaban J connectivity index is 2.35. The van der Waals surface area contributed by atoms with Gasteiger partial charge in [-0.15, -0.1) is 0 Å². The molecule has 13 heavy (non-hydrogen) atoms. The lowest BCUT2D eigenvalue weighted by Crippen LogP contribution is -2.31. The van der Waals surface area contributed by atoms with Crippen LogP contribution in [0.3, 0.4) is 0 Å². The molecule has 0 aromatic heterocycles. The molecule has 0 fully saturated rings. The van der Waals surface area contributed by atoms with E-state index in [1.165, 1.54) is 5.56 Å². The van der Waals surface area contributed by atoms with Crippen LogP contribution in [0, 0.1) is 0 Å². The molecule has 0 saturated heterocycles. The Labute approximate surface area is 79.4 Å².